The number of carbonyl (C=O) groups is 2. The number of hydrogen-bond acceptors (Lipinski definition) is 16. The quantitative estimate of drug-likeness (QED) is 0.0820. The average molecular weight is 721 g/mol. The average Bonchev–Trinajstić information content (AvgIpc) is 3.20. The van der Waals surface area contributed by atoms with E-state index >= 15 is 0 Å². The van der Waals surface area contributed by atoms with Crippen molar-refractivity contribution >= 4 is 11.8 Å². The minimum atomic E-state index is -1.82. The maximum Gasteiger partial charge on any atom is 0.338 e. The summed E-state index contributed by atoms with van der Waals surface area (Å²) in [5.41, 5.74) is -0.515. The van der Waals surface area contributed by atoms with E-state index in [-0.39, 0.29) is 82.2 Å². The zero-order chi connectivity index (χ0) is 37.3. The van der Waals surface area contributed by atoms with Crippen LogP contribution < -0.4 is 9.47 Å². The number of ketones is 1. The van der Waals surface area contributed by atoms with Crippen LogP contribution in [0.25, 0.3) is 0 Å². The number of Topliss-reactive ketones (excluding diaryl/α,β-unsaturated/α-hetero) is 1. The first-order chi connectivity index (χ1) is 24.6. The highest BCUT2D eigenvalue weighted by atomic mass is 16.6. The lowest BCUT2D eigenvalue weighted by molar-refractivity contribution is -0.0442. The van der Waals surface area contributed by atoms with E-state index in [1.54, 1.807) is 0 Å². The molecule has 272 valence electrons. The molecule has 0 spiro atoms. The number of phenols is 9. The highest BCUT2D eigenvalue weighted by Crippen LogP contribution is 2.49. The molecule has 0 saturated carbocycles. The van der Waals surface area contributed by atoms with Crippen LogP contribution in [0.4, 0.5) is 0 Å². The van der Waals surface area contributed by atoms with Crippen molar-refractivity contribution in [3.8, 4) is 63.2 Å². The number of aliphatic hydroxyl groups excluding tert-OH is 2. The van der Waals surface area contributed by atoms with Gasteiger partial charge in [-0.15, -0.1) is 0 Å². The van der Waals surface area contributed by atoms with Crippen LogP contribution in [0.1, 0.15) is 55.5 Å². The van der Waals surface area contributed by atoms with Gasteiger partial charge in [-0.3, -0.25) is 4.79 Å². The van der Waals surface area contributed by atoms with Crippen molar-refractivity contribution in [1.29, 1.82) is 0 Å². The van der Waals surface area contributed by atoms with Crippen LogP contribution in [0.2, 0.25) is 0 Å². The molecule has 0 aromatic heterocycles. The Bertz CT molecular complexity index is 2120. The molecule has 16 heteroatoms. The molecule has 7 rings (SSSR count). The van der Waals surface area contributed by atoms with E-state index < -0.39 is 88.3 Å². The van der Waals surface area contributed by atoms with Crippen LogP contribution in [0.5, 0.6) is 63.2 Å². The van der Waals surface area contributed by atoms with E-state index in [2.05, 4.69) is 0 Å². The molecule has 2 heterocycles. The zero-order valence-electron chi connectivity index (χ0n) is 26.8. The summed E-state index contributed by atoms with van der Waals surface area (Å²) in [5, 5.41) is 115. The van der Waals surface area contributed by atoms with E-state index in [9.17, 15) is 65.8 Å². The molecule has 6 atom stereocenters. The zero-order valence-corrected chi connectivity index (χ0v) is 26.8. The van der Waals surface area contributed by atoms with E-state index in [1.165, 1.54) is 12.1 Å². The monoisotopic (exact) mass is 720 g/mol. The Morgan fingerprint density at radius 2 is 1.23 bits per heavy atom. The summed E-state index contributed by atoms with van der Waals surface area (Å²) >= 11 is 0. The van der Waals surface area contributed by atoms with E-state index in [0.717, 1.165) is 30.3 Å². The number of carbonyl (C=O) groups excluding carboxylic acids is 2. The third-order valence-corrected chi connectivity index (χ3v) is 9.69. The summed E-state index contributed by atoms with van der Waals surface area (Å²) in [6, 6.07) is 7.28. The van der Waals surface area contributed by atoms with E-state index in [0.29, 0.717) is 0 Å². The first kappa shape index (κ1) is 34.2. The van der Waals surface area contributed by atoms with Gasteiger partial charge in [0.2, 0.25) is 0 Å². The Balaban J connectivity index is 1.32. The number of hydrogen-bond donors (Lipinski definition) is 11. The fourth-order valence-corrected chi connectivity index (χ4v) is 7.25. The van der Waals surface area contributed by atoms with Crippen LogP contribution in [0.15, 0.2) is 42.5 Å². The predicted molar refractivity (Wildman–Crippen MR) is 173 cm³/mol. The van der Waals surface area contributed by atoms with Gasteiger partial charge in [0.25, 0.3) is 0 Å². The summed E-state index contributed by atoms with van der Waals surface area (Å²) < 4.78 is 18.0. The molecule has 0 saturated heterocycles. The van der Waals surface area contributed by atoms with Crippen LogP contribution >= 0.6 is 0 Å². The molecule has 0 radical (unpaired) electrons. The number of rotatable bonds is 4. The van der Waals surface area contributed by atoms with Gasteiger partial charge in [0, 0.05) is 59.7 Å². The normalized spacial score (nSPS) is 23.6. The highest BCUT2D eigenvalue weighted by molar-refractivity contribution is 6.04. The fourth-order valence-electron chi connectivity index (χ4n) is 7.25. The van der Waals surface area contributed by atoms with Crippen molar-refractivity contribution in [3.63, 3.8) is 0 Å². The van der Waals surface area contributed by atoms with Crippen LogP contribution in [0.3, 0.4) is 0 Å². The second-order valence-corrected chi connectivity index (χ2v) is 13.1. The van der Waals surface area contributed by atoms with Crippen molar-refractivity contribution in [2.45, 2.75) is 56.2 Å². The van der Waals surface area contributed by atoms with Crippen molar-refractivity contribution in [1.82, 2.24) is 0 Å². The van der Waals surface area contributed by atoms with Gasteiger partial charge in [0.15, 0.2) is 40.6 Å². The maximum absolute atomic E-state index is 13.7. The molecule has 11 N–H and O–H groups in total. The van der Waals surface area contributed by atoms with E-state index in [4.69, 9.17) is 14.2 Å². The van der Waals surface area contributed by atoms with Gasteiger partial charge < -0.3 is 70.4 Å². The molecule has 16 nitrogen and oxygen atoms in total. The highest BCUT2D eigenvalue weighted by Gasteiger charge is 2.46. The molecule has 1 aliphatic carbocycles. The van der Waals surface area contributed by atoms with Crippen molar-refractivity contribution in [2.24, 2.45) is 5.92 Å². The summed E-state index contributed by atoms with van der Waals surface area (Å²) in [6.07, 6.45) is -8.16. The molecule has 0 bridgehead atoms. The molecule has 0 amide bonds. The molecular formula is C36H32O16. The minimum Gasteiger partial charge on any atom is -0.508 e. The standard InChI is InChI=1S/C36H32O16/c37-14-5-20(39)18-10-26(45)35(51-27(18)7-14)17-9-25(44)33(48)30-16(17)1-12(2-24(43)32(30)47)34-29(11-19-21(40)6-15(38)8-28(19)50-34)52-36(49)13-3-22(41)31(46)23(42)4-13/h3-9,12,24,26,29,34-35,37-46,48H,1-2,10-11H2/t12?,24?,26-,29-,34-,35-/m1/s1. The Labute approximate surface area is 292 Å². The third-order valence-electron chi connectivity index (χ3n) is 9.69. The molecule has 4 aromatic carbocycles. The minimum absolute atomic E-state index is 0.00392. The number of aliphatic hydroxyl groups is 2. The summed E-state index contributed by atoms with van der Waals surface area (Å²) in [7, 11) is 0. The molecule has 0 fully saturated rings. The number of phenolic OH excluding ortho intramolecular Hbond substituents is 9. The van der Waals surface area contributed by atoms with Crippen molar-refractivity contribution < 1.29 is 80.0 Å². The number of ether oxygens (including phenoxy) is 3. The van der Waals surface area contributed by atoms with Gasteiger partial charge in [-0.2, -0.15) is 0 Å². The molecule has 3 aliphatic rings. The number of fused-ring (bicyclic) bond motifs is 3. The SMILES string of the molecule is O=C(O[C@@H]1Cc2c(O)cc(O)cc2O[C@@H]1C1Cc2c([C@H]3Oc4cc(O)cc(O)c4C[C@H]3O)cc(O)c(O)c2C(=O)C(O)C1)c1cc(O)c(O)c(O)c1. The first-order valence-corrected chi connectivity index (χ1v) is 16.0. The van der Waals surface area contributed by atoms with Crippen molar-refractivity contribution in [2.75, 3.05) is 0 Å². The predicted octanol–water partition coefficient (Wildman–Crippen LogP) is 2.41. The second-order valence-electron chi connectivity index (χ2n) is 13.1. The Kier molecular flexibility index (Phi) is 8.22. The second kappa shape index (κ2) is 12.5. The molecular weight excluding hydrogens is 688 g/mol. The lowest BCUT2D eigenvalue weighted by atomic mass is 9.81. The Morgan fingerprint density at radius 3 is 1.87 bits per heavy atom. The van der Waals surface area contributed by atoms with Gasteiger partial charge in [0.05, 0.1) is 17.2 Å². The number of benzene rings is 4. The van der Waals surface area contributed by atoms with Crippen molar-refractivity contribution in [3.05, 3.63) is 75.8 Å². The van der Waals surface area contributed by atoms with Crippen LogP contribution in [0, 0.1) is 5.92 Å². The topological polar surface area (TPSA) is 284 Å². The van der Waals surface area contributed by atoms with Gasteiger partial charge in [0.1, 0.15) is 52.8 Å². The lowest BCUT2D eigenvalue weighted by Gasteiger charge is -2.38. The number of esters is 1. The summed E-state index contributed by atoms with van der Waals surface area (Å²) in [6.45, 7) is 0. The van der Waals surface area contributed by atoms with Crippen LogP contribution in [-0.4, -0.2) is 92.3 Å². The molecule has 4 aromatic rings. The smallest absolute Gasteiger partial charge is 0.338 e. The van der Waals surface area contributed by atoms with Gasteiger partial charge in [-0.05, 0) is 36.6 Å². The Morgan fingerprint density at radius 1 is 0.654 bits per heavy atom. The fraction of sp³-hybridized carbons (Fsp3) is 0.278. The molecule has 52 heavy (non-hydrogen) atoms. The van der Waals surface area contributed by atoms with Gasteiger partial charge in [-0.25, -0.2) is 4.79 Å². The van der Waals surface area contributed by atoms with Gasteiger partial charge >= 0.3 is 5.97 Å². The first-order valence-electron chi connectivity index (χ1n) is 16.0. The third kappa shape index (κ3) is 5.76. The molecule has 2 unspecified atom stereocenters. The molecule has 2 aliphatic heterocycles. The lowest BCUT2D eigenvalue weighted by Crippen LogP contribution is -2.47. The van der Waals surface area contributed by atoms with Gasteiger partial charge in [-0.1, -0.05) is 0 Å². The summed E-state index contributed by atoms with van der Waals surface area (Å²) in [5.74, 6) is -8.72. The van der Waals surface area contributed by atoms with E-state index in [1.807, 2.05) is 0 Å². The maximum atomic E-state index is 13.7. The van der Waals surface area contributed by atoms with Crippen LogP contribution in [-0.2, 0) is 24.0 Å². The largest absolute Gasteiger partial charge is 0.508 e. The Hall–Kier alpha value is -6.26. The number of aromatic hydroxyl groups is 9. The summed E-state index contributed by atoms with van der Waals surface area (Å²) in [4.78, 5) is 27.1.